The molecule has 106 valence electrons. The molecule has 2 N–H and O–H groups in total. The summed E-state index contributed by atoms with van der Waals surface area (Å²) < 4.78 is 0. The van der Waals surface area contributed by atoms with Crippen molar-refractivity contribution in [3.8, 4) is 0 Å². The second-order valence-corrected chi connectivity index (χ2v) is 4.38. The Morgan fingerprint density at radius 2 is 1.86 bits per heavy atom. The van der Waals surface area contributed by atoms with Crippen LogP contribution >= 0.6 is 11.6 Å². The highest BCUT2D eigenvalue weighted by molar-refractivity contribution is 6.29. The van der Waals surface area contributed by atoms with Crippen molar-refractivity contribution in [1.82, 2.24) is 10.4 Å². The Labute approximate surface area is 125 Å². The lowest BCUT2D eigenvalue weighted by Crippen LogP contribution is -2.17. The fourth-order valence-electron chi connectivity index (χ4n) is 1.49. The Morgan fingerprint density at radius 1 is 1.19 bits per heavy atom. The van der Waals surface area contributed by atoms with Gasteiger partial charge in [-0.25, -0.2) is 15.2 Å². The predicted molar refractivity (Wildman–Crippen MR) is 77.7 cm³/mol. The molecule has 1 amide bonds. The number of benzene rings is 1. The van der Waals surface area contributed by atoms with E-state index in [0.717, 1.165) is 0 Å². The molecule has 0 unspecified atom stereocenters. The minimum Gasteiger partial charge on any atom is -0.478 e. The third kappa shape index (κ3) is 4.12. The monoisotopic (exact) mass is 303 g/mol. The van der Waals surface area contributed by atoms with E-state index >= 15 is 0 Å². The molecule has 0 fully saturated rings. The number of pyridine rings is 1. The molecule has 2 aromatic rings. The zero-order valence-electron chi connectivity index (χ0n) is 10.7. The van der Waals surface area contributed by atoms with Crippen LogP contribution in [0.4, 0.5) is 0 Å². The number of carboxylic acids is 1. The first-order valence-electron chi connectivity index (χ1n) is 5.84. The molecule has 0 spiro atoms. The number of carboxylic acid groups (broad SMARTS) is 1. The van der Waals surface area contributed by atoms with Gasteiger partial charge in [0.25, 0.3) is 5.91 Å². The summed E-state index contributed by atoms with van der Waals surface area (Å²) in [5.74, 6) is -1.49. The Bertz CT molecular complexity index is 699. The van der Waals surface area contributed by atoms with Crippen molar-refractivity contribution in [2.24, 2.45) is 5.10 Å². The van der Waals surface area contributed by atoms with E-state index in [-0.39, 0.29) is 5.56 Å². The molecule has 1 aromatic heterocycles. The second-order valence-electron chi connectivity index (χ2n) is 3.99. The fourth-order valence-corrected chi connectivity index (χ4v) is 1.67. The molecule has 0 saturated carbocycles. The van der Waals surface area contributed by atoms with Crippen LogP contribution in [0.15, 0.2) is 47.7 Å². The minimum atomic E-state index is -1.05. The van der Waals surface area contributed by atoms with Crippen LogP contribution in [0.2, 0.25) is 5.15 Å². The van der Waals surface area contributed by atoms with Crippen molar-refractivity contribution in [2.75, 3.05) is 0 Å². The van der Waals surface area contributed by atoms with Gasteiger partial charge >= 0.3 is 5.97 Å². The molecular weight excluding hydrogens is 294 g/mol. The van der Waals surface area contributed by atoms with Crippen LogP contribution in [-0.4, -0.2) is 28.2 Å². The molecule has 1 heterocycles. The summed E-state index contributed by atoms with van der Waals surface area (Å²) in [6.07, 6.45) is 2.95. The molecule has 0 radical (unpaired) electrons. The lowest BCUT2D eigenvalue weighted by molar-refractivity contribution is 0.0696. The number of rotatable bonds is 4. The number of hydrazone groups is 1. The maximum absolute atomic E-state index is 11.8. The van der Waals surface area contributed by atoms with Crippen molar-refractivity contribution in [2.45, 2.75) is 0 Å². The second kappa shape index (κ2) is 6.62. The molecule has 0 bridgehead atoms. The zero-order valence-corrected chi connectivity index (χ0v) is 11.4. The average Bonchev–Trinajstić information content (AvgIpc) is 2.47. The van der Waals surface area contributed by atoms with Gasteiger partial charge in [0.05, 0.1) is 11.8 Å². The number of nitrogens with zero attached hydrogens (tertiary/aromatic N) is 2. The van der Waals surface area contributed by atoms with Crippen molar-refractivity contribution in [1.29, 1.82) is 0 Å². The van der Waals surface area contributed by atoms with Gasteiger partial charge in [0, 0.05) is 11.8 Å². The van der Waals surface area contributed by atoms with Crippen LogP contribution in [0.5, 0.6) is 0 Å². The van der Waals surface area contributed by atoms with Crippen LogP contribution in [0.3, 0.4) is 0 Å². The topological polar surface area (TPSA) is 91.6 Å². The summed E-state index contributed by atoms with van der Waals surface area (Å²) in [5.41, 5.74) is 3.45. The van der Waals surface area contributed by atoms with Gasteiger partial charge in [-0.05, 0) is 42.0 Å². The number of amides is 1. The predicted octanol–water partition coefficient (Wildman–Crippen LogP) is 2.20. The number of aromatic nitrogens is 1. The van der Waals surface area contributed by atoms with E-state index in [1.165, 1.54) is 36.7 Å². The molecule has 0 saturated heterocycles. The van der Waals surface area contributed by atoms with E-state index < -0.39 is 11.9 Å². The number of hydrogen-bond donors (Lipinski definition) is 2. The Kier molecular flexibility index (Phi) is 4.63. The van der Waals surface area contributed by atoms with E-state index in [1.54, 1.807) is 12.1 Å². The van der Waals surface area contributed by atoms with Gasteiger partial charge in [-0.2, -0.15) is 5.10 Å². The summed E-state index contributed by atoms with van der Waals surface area (Å²) in [4.78, 5) is 26.3. The smallest absolute Gasteiger partial charge is 0.335 e. The van der Waals surface area contributed by atoms with Gasteiger partial charge in [-0.15, -0.1) is 0 Å². The van der Waals surface area contributed by atoms with Gasteiger partial charge in [0.1, 0.15) is 5.15 Å². The lowest BCUT2D eigenvalue weighted by atomic mass is 10.1. The first-order valence-corrected chi connectivity index (χ1v) is 6.22. The van der Waals surface area contributed by atoms with E-state index in [2.05, 4.69) is 15.5 Å². The largest absolute Gasteiger partial charge is 0.478 e. The Morgan fingerprint density at radius 3 is 2.48 bits per heavy atom. The third-order valence-electron chi connectivity index (χ3n) is 2.52. The zero-order chi connectivity index (χ0) is 15.2. The van der Waals surface area contributed by atoms with Crippen molar-refractivity contribution in [3.05, 3.63) is 64.4 Å². The van der Waals surface area contributed by atoms with Crippen molar-refractivity contribution in [3.63, 3.8) is 0 Å². The molecule has 1 aromatic carbocycles. The fraction of sp³-hybridized carbons (Fsp3) is 0. The van der Waals surface area contributed by atoms with Gasteiger partial charge in [0.15, 0.2) is 0 Å². The van der Waals surface area contributed by atoms with Gasteiger partial charge in [0.2, 0.25) is 0 Å². The molecule has 2 rings (SSSR count). The molecule has 0 aliphatic carbocycles. The SMILES string of the molecule is O=C(O)c1ccc(C(=O)N/N=C/c2ccnc(Cl)c2)cc1. The van der Waals surface area contributed by atoms with Gasteiger partial charge in [-0.1, -0.05) is 11.6 Å². The Balaban J connectivity index is 2.00. The summed E-state index contributed by atoms with van der Waals surface area (Å²) in [5, 5.41) is 12.9. The normalized spacial score (nSPS) is 10.5. The summed E-state index contributed by atoms with van der Waals surface area (Å²) in [6.45, 7) is 0. The summed E-state index contributed by atoms with van der Waals surface area (Å²) >= 11 is 5.71. The molecule has 0 aliphatic rings. The summed E-state index contributed by atoms with van der Waals surface area (Å²) in [7, 11) is 0. The third-order valence-corrected chi connectivity index (χ3v) is 2.73. The maximum Gasteiger partial charge on any atom is 0.335 e. The molecule has 6 nitrogen and oxygen atoms in total. The number of carbonyl (C=O) groups excluding carboxylic acids is 1. The lowest BCUT2D eigenvalue weighted by Gasteiger charge is -2.00. The highest BCUT2D eigenvalue weighted by Crippen LogP contribution is 2.05. The van der Waals surface area contributed by atoms with E-state index in [0.29, 0.717) is 16.3 Å². The highest BCUT2D eigenvalue weighted by Gasteiger charge is 2.06. The van der Waals surface area contributed by atoms with Crippen LogP contribution in [0.1, 0.15) is 26.3 Å². The van der Waals surface area contributed by atoms with E-state index in [9.17, 15) is 9.59 Å². The van der Waals surface area contributed by atoms with E-state index in [4.69, 9.17) is 16.7 Å². The number of aromatic carboxylic acids is 1. The molecular formula is C14H10ClN3O3. The summed E-state index contributed by atoms with van der Waals surface area (Å²) in [6, 6.07) is 8.81. The van der Waals surface area contributed by atoms with Gasteiger partial charge in [-0.3, -0.25) is 4.79 Å². The van der Waals surface area contributed by atoms with Crippen molar-refractivity contribution >= 4 is 29.7 Å². The van der Waals surface area contributed by atoms with Gasteiger partial charge < -0.3 is 5.11 Å². The number of nitrogens with one attached hydrogen (secondary N) is 1. The average molecular weight is 304 g/mol. The number of halogens is 1. The molecule has 0 atom stereocenters. The van der Waals surface area contributed by atoms with Crippen LogP contribution in [-0.2, 0) is 0 Å². The quantitative estimate of drug-likeness (QED) is 0.514. The number of carbonyl (C=O) groups is 2. The molecule has 0 aliphatic heterocycles. The minimum absolute atomic E-state index is 0.112. The van der Waals surface area contributed by atoms with Crippen LogP contribution in [0.25, 0.3) is 0 Å². The maximum atomic E-state index is 11.8. The first kappa shape index (κ1) is 14.7. The molecule has 7 heteroatoms. The van der Waals surface area contributed by atoms with E-state index in [1.807, 2.05) is 0 Å². The van der Waals surface area contributed by atoms with Crippen molar-refractivity contribution < 1.29 is 14.7 Å². The highest BCUT2D eigenvalue weighted by atomic mass is 35.5. The molecule has 21 heavy (non-hydrogen) atoms. The Hall–Kier alpha value is -2.73. The van der Waals surface area contributed by atoms with Crippen LogP contribution < -0.4 is 5.43 Å². The van der Waals surface area contributed by atoms with Crippen LogP contribution in [0, 0.1) is 0 Å². The number of hydrogen-bond acceptors (Lipinski definition) is 4. The first-order chi connectivity index (χ1) is 10.1. The standard InChI is InChI=1S/C14H10ClN3O3/c15-12-7-9(5-6-16-12)8-17-18-13(19)10-1-3-11(4-2-10)14(20)21/h1-8H,(H,18,19)(H,20,21)/b17-8+.